The van der Waals surface area contributed by atoms with Crippen molar-refractivity contribution in [2.75, 3.05) is 0 Å². The molecule has 21 heavy (non-hydrogen) atoms. The fourth-order valence-corrected chi connectivity index (χ4v) is 2.09. The molecular weight excluding hydrogens is 292 g/mol. The Balaban J connectivity index is 2.28. The van der Waals surface area contributed by atoms with Gasteiger partial charge in [0.05, 0.1) is 9.95 Å². The van der Waals surface area contributed by atoms with Crippen LogP contribution in [0.3, 0.4) is 0 Å². The number of para-hydroxylation sites is 1. The zero-order chi connectivity index (χ0) is 15.4. The lowest BCUT2D eigenvalue weighted by Gasteiger charge is -2.11. The van der Waals surface area contributed by atoms with Crippen molar-refractivity contribution in [3.8, 4) is 11.5 Å². The summed E-state index contributed by atoms with van der Waals surface area (Å²) >= 11 is 5.98. The Hall–Kier alpha value is -2.11. The number of nitrogens with zero attached hydrogens (tertiary/aromatic N) is 1. The van der Waals surface area contributed by atoms with Crippen LogP contribution in [0.1, 0.15) is 24.9 Å². The van der Waals surface area contributed by atoms with Crippen molar-refractivity contribution < 1.29 is 9.66 Å². The van der Waals surface area contributed by atoms with Crippen molar-refractivity contribution in [3.63, 3.8) is 0 Å². The highest BCUT2D eigenvalue weighted by Crippen LogP contribution is 2.37. The van der Waals surface area contributed by atoms with Crippen LogP contribution in [0, 0.1) is 10.1 Å². The van der Waals surface area contributed by atoms with E-state index in [2.05, 4.69) is 0 Å². The molecule has 1 atom stereocenters. The van der Waals surface area contributed by atoms with Crippen molar-refractivity contribution in [1.29, 1.82) is 0 Å². The van der Waals surface area contributed by atoms with Crippen LogP contribution in [0.25, 0.3) is 0 Å². The molecule has 2 N–H and O–H groups in total. The summed E-state index contributed by atoms with van der Waals surface area (Å²) in [5, 5.41) is 11.2. The molecule has 0 spiro atoms. The number of halogens is 1. The van der Waals surface area contributed by atoms with Crippen LogP contribution in [0.2, 0.25) is 5.02 Å². The second-order valence-electron chi connectivity index (χ2n) is 4.53. The summed E-state index contributed by atoms with van der Waals surface area (Å²) in [5.74, 6) is 0.509. The maximum atomic E-state index is 11.0. The standard InChI is InChI=1S/C15H15ClN2O3/c1-2-13(17)10-6-8-11(9-7-10)21-15-12(16)4-3-5-14(15)18(19)20/h3-9,13H,2,17H2,1H3/t13-/m0/s1. The first-order valence-electron chi connectivity index (χ1n) is 6.49. The highest BCUT2D eigenvalue weighted by molar-refractivity contribution is 6.32. The number of hydrogen-bond donors (Lipinski definition) is 1. The van der Waals surface area contributed by atoms with E-state index in [0.29, 0.717) is 5.75 Å². The van der Waals surface area contributed by atoms with Gasteiger partial charge in [-0.25, -0.2) is 0 Å². The fourth-order valence-electron chi connectivity index (χ4n) is 1.88. The highest BCUT2D eigenvalue weighted by Gasteiger charge is 2.19. The van der Waals surface area contributed by atoms with Gasteiger partial charge in [-0.15, -0.1) is 0 Å². The molecule has 2 aromatic rings. The molecule has 110 valence electrons. The van der Waals surface area contributed by atoms with Crippen LogP contribution in [-0.4, -0.2) is 4.92 Å². The minimum atomic E-state index is -0.525. The number of benzene rings is 2. The van der Waals surface area contributed by atoms with E-state index in [1.807, 2.05) is 19.1 Å². The summed E-state index contributed by atoms with van der Waals surface area (Å²) in [6.07, 6.45) is 0.830. The molecule has 0 heterocycles. The third kappa shape index (κ3) is 3.51. The lowest BCUT2D eigenvalue weighted by molar-refractivity contribution is -0.385. The van der Waals surface area contributed by atoms with E-state index in [-0.39, 0.29) is 22.5 Å². The van der Waals surface area contributed by atoms with E-state index in [4.69, 9.17) is 22.1 Å². The van der Waals surface area contributed by atoms with Crippen molar-refractivity contribution in [1.82, 2.24) is 0 Å². The molecular formula is C15H15ClN2O3. The van der Waals surface area contributed by atoms with Gasteiger partial charge in [-0.1, -0.05) is 36.7 Å². The molecule has 2 rings (SSSR count). The first-order valence-corrected chi connectivity index (χ1v) is 6.87. The van der Waals surface area contributed by atoms with Gasteiger partial charge in [0.25, 0.3) is 0 Å². The lowest BCUT2D eigenvalue weighted by atomic mass is 10.1. The normalized spacial score (nSPS) is 12.0. The van der Waals surface area contributed by atoms with Crippen LogP contribution >= 0.6 is 11.6 Å². The Bertz CT molecular complexity index is 644. The van der Waals surface area contributed by atoms with Crippen LogP contribution in [-0.2, 0) is 0 Å². The van der Waals surface area contributed by atoms with Crippen LogP contribution in [0.5, 0.6) is 11.5 Å². The monoisotopic (exact) mass is 306 g/mol. The summed E-state index contributed by atoms with van der Waals surface area (Å²) in [7, 11) is 0. The molecule has 0 aromatic heterocycles. The van der Waals surface area contributed by atoms with Gasteiger partial charge >= 0.3 is 5.69 Å². The molecule has 0 fully saturated rings. The average Bonchev–Trinajstić information content (AvgIpc) is 2.49. The van der Waals surface area contributed by atoms with Crippen molar-refractivity contribution >= 4 is 17.3 Å². The van der Waals surface area contributed by atoms with E-state index >= 15 is 0 Å². The van der Waals surface area contributed by atoms with E-state index in [1.165, 1.54) is 12.1 Å². The number of nitro benzene ring substituents is 1. The molecule has 0 radical (unpaired) electrons. The second-order valence-corrected chi connectivity index (χ2v) is 4.94. The third-order valence-corrected chi connectivity index (χ3v) is 3.41. The molecule has 0 aliphatic heterocycles. The number of nitro groups is 1. The molecule has 6 heteroatoms. The molecule has 2 aromatic carbocycles. The van der Waals surface area contributed by atoms with Crippen molar-refractivity contribution in [3.05, 3.63) is 63.2 Å². The number of nitrogens with two attached hydrogens (primary N) is 1. The number of rotatable bonds is 5. The quantitative estimate of drug-likeness (QED) is 0.654. The van der Waals surface area contributed by atoms with Crippen LogP contribution in [0.4, 0.5) is 5.69 Å². The predicted octanol–water partition coefficient (Wildman–Crippen LogP) is 4.45. The smallest absolute Gasteiger partial charge is 0.313 e. The summed E-state index contributed by atoms with van der Waals surface area (Å²) < 4.78 is 5.56. The Kier molecular flexibility index (Phi) is 4.77. The van der Waals surface area contributed by atoms with Crippen LogP contribution in [0.15, 0.2) is 42.5 Å². The van der Waals surface area contributed by atoms with Crippen molar-refractivity contribution in [2.45, 2.75) is 19.4 Å². The Morgan fingerprint density at radius 1 is 1.29 bits per heavy atom. The van der Waals surface area contributed by atoms with E-state index in [9.17, 15) is 10.1 Å². The molecule has 0 bridgehead atoms. The summed E-state index contributed by atoms with van der Waals surface area (Å²) in [4.78, 5) is 10.5. The molecule has 0 saturated heterocycles. The van der Waals surface area contributed by atoms with Gasteiger partial charge < -0.3 is 10.5 Å². The second kappa shape index (κ2) is 6.56. The van der Waals surface area contributed by atoms with Gasteiger partial charge in [-0.2, -0.15) is 0 Å². The predicted molar refractivity (Wildman–Crippen MR) is 81.8 cm³/mol. The zero-order valence-corrected chi connectivity index (χ0v) is 12.2. The maximum absolute atomic E-state index is 11.0. The lowest BCUT2D eigenvalue weighted by Crippen LogP contribution is -2.08. The van der Waals surface area contributed by atoms with Gasteiger partial charge in [-0.05, 0) is 30.2 Å². The van der Waals surface area contributed by atoms with E-state index in [0.717, 1.165) is 12.0 Å². The minimum Gasteiger partial charge on any atom is -0.449 e. The van der Waals surface area contributed by atoms with Gasteiger partial charge in [0.1, 0.15) is 5.75 Å². The fraction of sp³-hybridized carbons (Fsp3) is 0.200. The van der Waals surface area contributed by atoms with Gasteiger partial charge in [-0.3, -0.25) is 10.1 Å². The molecule has 0 aliphatic rings. The highest BCUT2D eigenvalue weighted by atomic mass is 35.5. The zero-order valence-electron chi connectivity index (χ0n) is 11.5. The Morgan fingerprint density at radius 3 is 2.52 bits per heavy atom. The molecule has 5 nitrogen and oxygen atoms in total. The van der Waals surface area contributed by atoms with Crippen LogP contribution < -0.4 is 10.5 Å². The van der Waals surface area contributed by atoms with E-state index in [1.54, 1.807) is 18.2 Å². The SMILES string of the molecule is CC[C@H](N)c1ccc(Oc2c(Cl)cccc2[N+](=O)[O-])cc1. The van der Waals surface area contributed by atoms with Gasteiger partial charge in [0, 0.05) is 12.1 Å². The first-order chi connectivity index (χ1) is 10.0. The Morgan fingerprint density at radius 2 is 1.95 bits per heavy atom. The molecule has 0 saturated carbocycles. The average molecular weight is 307 g/mol. The van der Waals surface area contributed by atoms with Gasteiger partial charge in [0.2, 0.25) is 5.75 Å². The van der Waals surface area contributed by atoms with Crippen molar-refractivity contribution in [2.24, 2.45) is 5.73 Å². The largest absolute Gasteiger partial charge is 0.449 e. The minimum absolute atomic E-state index is 0.0336. The summed E-state index contributed by atoms with van der Waals surface area (Å²) in [6, 6.07) is 11.5. The maximum Gasteiger partial charge on any atom is 0.313 e. The summed E-state index contributed by atoms with van der Waals surface area (Å²) in [5.41, 5.74) is 6.75. The molecule has 0 unspecified atom stereocenters. The Labute approximate surface area is 127 Å². The van der Waals surface area contributed by atoms with Gasteiger partial charge in [0.15, 0.2) is 0 Å². The number of ether oxygens (including phenoxy) is 1. The topological polar surface area (TPSA) is 78.4 Å². The third-order valence-electron chi connectivity index (χ3n) is 3.11. The molecule has 0 amide bonds. The first kappa shape index (κ1) is 15.3. The van der Waals surface area contributed by atoms with E-state index < -0.39 is 4.92 Å². The number of hydrogen-bond acceptors (Lipinski definition) is 4. The molecule has 0 aliphatic carbocycles. The summed E-state index contributed by atoms with van der Waals surface area (Å²) in [6.45, 7) is 2.00.